The molecule has 4 nitrogen and oxygen atoms in total. The number of hydrogen-bond acceptors (Lipinski definition) is 3. The molecule has 0 aliphatic carbocycles. The molecule has 1 aromatic carbocycles. The zero-order chi connectivity index (χ0) is 15.5. The number of benzene rings is 1. The predicted octanol–water partition coefficient (Wildman–Crippen LogP) is 3.30. The summed E-state index contributed by atoms with van der Waals surface area (Å²) in [6.07, 6.45) is 5.95. The third kappa shape index (κ3) is 4.14. The lowest BCUT2D eigenvalue weighted by molar-refractivity contribution is 0.123. The van der Waals surface area contributed by atoms with Crippen LogP contribution in [0.4, 0.5) is 0 Å². The van der Waals surface area contributed by atoms with Crippen molar-refractivity contribution in [3.63, 3.8) is 0 Å². The van der Waals surface area contributed by atoms with Gasteiger partial charge in [0, 0.05) is 30.4 Å². The molecule has 2 N–H and O–H groups in total. The third-order valence-corrected chi connectivity index (χ3v) is 4.67. The van der Waals surface area contributed by atoms with E-state index in [2.05, 4.69) is 42.2 Å². The van der Waals surface area contributed by atoms with Gasteiger partial charge in [-0.05, 0) is 45.4 Å². The minimum Gasteiger partial charge on any atom is -0.327 e. The van der Waals surface area contributed by atoms with Gasteiger partial charge in [0.15, 0.2) is 0 Å². The quantitative estimate of drug-likeness (QED) is 0.933. The largest absolute Gasteiger partial charge is 0.327 e. The zero-order valence-corrected chi connectivity index (χ0v) is 14.8. The number of aromatic nitrogens is 2. The van der Waals surface area contributed by atoms with Crippen LogP contribution in [0, 0.1) is 6.92 Å². The van der Waals surface area contributed by atoms with E-state index < -0.39 is 0 Å². The van der Waals surface area contributed by atoms with Crippen molar-refractivity contribution in [3.05, 3.63) is 47.8 Å². The summed E-state index contributed by atoms with van der Waals surface area (Å²) in [6, 6.07) is 11.0. The lowest BCUT2D eigenvalue weighted by Gasteiger charge is -2.37. The molecule has 0 amide bonds. The molecule has 2 aromatic rings. The molecule has 0 saturated carbocycles. The van der Waals surface area contributed by atoms with Gasteiger partial charge in [-0.2, -0.15) is 5.10 Å². The zero-order valence-electron chi connectivity index (χ0n) is 14.0. The van der Waals surface area contributed by atoms with Gasteiger partial charge in [0.05, 0.1) is 11.4 Å². The van der Waals surface area contributed by atoms with Gasteiger partial charge in [0.25, 0.3) is 0 Å². The van der Waals surface area contributed by atoms with Gasteiger partial charge in [-0.3, -0.25) is 4.90 Å². The first-order valence-electron chi connectivity index (χ1n) is 8.25. The Morgan fingerprint density at radius 2 is 2.00 bits per heavy atom. The van der Waals surface area contributed by atoms with Crippen LogP contribution in [0.3, 0.4) is 0 Å². The van der Waals surface area contributed by atoms with Gasteiger partial charge in [-0.15, -0.1) is 12.4 Å². The molecular formula is C18H27ClN4. The van der Waals surface area contributed by atoms with E-state index in [1.807, 2.05) is 22.9 Å². The molecule has 2 unspecified atom stereocenters. The Bertz CT molecular complexity index is 609. The number of rotatable bonds is 4. The maximum Gasteiger partial charge on any atom is 0.0645 e. The molecular weight excluding hydrogens is 308 g/mol. The van der Waals surface area contributed by atoms with E-state index in [9.17, 15) is 0 Å². The molecule has 1 saturated heterocycles. The molecule has 0 spiro atoms. The van der Waals surface area contributed by atoms with Crippen molar-refractivity contribution in [3.8, 4) is 5.69 Å². The second-order valence-electron chi connectivity index (χ2n) is 6.41. The number of nitrogens with two attached hydrogens (primary N) is 1. The van der Waals surface area contributed by atoms with Gasteiger partial charge in [0.1, 0.15) is 0 Å². The molecule has 126 valence electrons. The van der Waals surface area contributed by atoms with E-state index in [-0.39, 0.29) is 18.4 Å². The fourth-order valence-corrected chi connectivity index (χ4v) is 3.39. The summed E-state index contributed by atoms with van der Waals surface area (Å²) in [6.45, 7) is 6.32. The highest BCUT2D eigenvalue weighted by molar-refractivity contribution is 5.85. The topological polar surface area (TPSA) is 47.1 Å². The second-order valence-corrected chi connectivity index (χ2v) is 6.41. The molecule has 5 heteroatoms. The predicted molar refractivity (Wildman–Crippen MR) is 97.2 cm³/mol. The van der Waals surface area contributed by atoms with E-state index in [0.717, 1.165) is 24.5 Å². The van der Waals surface area contributed by atoms with Crippen LogP contribution in [-0.2, 0) is 6.54 Å². The smallest absolute Gasteiger partial charge is 0.0645 e. The fourth-order valence-electron chi connectivity index (χ4n) is 3.39. The SMILES string of the molecule is Cc1nn(-c2ccccc2)cc1CN1CCCCC1C(C)N.Cl. The number of para-hydroxylation sites is 1. The van der Waals surface area contributed by atoms with E-state index in [4.69, 9.17) is 5.73 Å². The number of hydrogen-bond donors (Lipinski definition) is 1. The average Bonchev–Trinajstić information content (AvgIpc) is 2.90. The van der Waals surface area contributed by atoms with Crippen LogP contribution < -0.4 is 5.73 Å². The van der Waals surface area contributed by atoms with Crippen LogP contribution in [0.1, 0.15) is 37.4 Å². The van der Waals surface area contributed by atoms with E-state index >= 15 is 0 Å². The molecule has 0 bridgehead atoms. The van der Waals surface area contributed by atoms with Crippen molar-refractivity contribution in [2.75, 3.05) is 6.54 Å². The van der Waals surface area contributed by atoms with E-state index in [1.165, 1.54) is 24.8 Å². The minimum atomic E-state index is 0. The number of nitrogens with zero attached hydrogens (tertiary/aromatic N) is 3. The van der Waals surface area contributed by atoms with Gasteiger partial charge in [-0.1, -0.05) is 24.6 Å². The van der Waals surface area contributed by atoms with Crippen molar-refractivity contribution in [2.45, 2.75) is 51.7 Å². The normalized spacial score (nSPS) is 20.0. The standard InChI is InChI=1S/C18H26N4.ClH/c1-14(19)18-10-6-7-11-21(18)12-16-13-22(20-15(16)2)17-8-4-3-5-9-17;/h3-5,8-9,13-14,18H,6-7,10-12,19H2,1-2H3;1H. The summed E-state index contributed by atoms with van der Waals surface area (Å²) in [7, 11) is 0. The summed E-state index contributed by atoms with van der Waals surface area (Å²) >= 11 is 0. The van der Waals surface area contributed by atoms with Crippen molar-refractivity contribution in [2.24, 2.45) is 5.73 Å². The highest BCUT2D eigenvalue weighted by Gasteiger charge is 2.26. The van der Waals surface area contributed by atoms with Crippen LogP contribution >= 0.6 is 12.4 Å². The summed E-state index contributed by atoms with van der Waals surface area (Å²) < 4.78 is 1.98. The van der Waals surface area contributed by atoms with Crippen LogP contribution in [0.2, 0.25) is 0 Å². The van der Waals surface area contributed by atoms with Gasteiger partial charge >= 0.3 is 0 Å². The molecule has 1 aliphatic heterocycles. The minimum absolute atomic E-state index is 0. The third-order valence-electron chi connectivity index (χ3n) is 4.67. The van der Waals surface area contributed by atoms with Crippen molar-refractivity contribution >= 4 is 12.4 Å². The number of likely N-dealkylation sites (tertiary alicyclic amines) is 1. The molecule has 2 heterocycles. The molecule has 23 heavy (non-hydrogen) atoms. The first kappa shape index (κ1) is 18.0. The molecule has 1 aliphatic rings. The molecule has 0 radical (unpaired) electrons. The summed E-state index contributed by atoms with van der Waals surface area (Å²) in [4.78, 5) is 2.54. The molecule has 2 atom stereocenters. The lowest BCUT2D eigenvalue weighted by Crippen LogP contribution is -2.48. The first-order chi connectivity index (χ1) is 10.6. The lowest BCUT2D eigenvalue weighted by atomic mass is 9.96. The monoisotopic (exact) mass is 334 g/mol. The van der Waals surface area contributed by atoms with Gasteiger partial charge < -0.3 is 5.73 Å². The van der Waals surface area contributed by atoms with E-state index in [0.29, 0.717) is 6.04 Å². The summed E-state index contributed by atoms with van der Waals surface area (Å²) in [5, 5.41) is 4.68. The Hall–Kier alpha value is -1.36. The van der Waals surface area contributed by atoms with Crippen molar-refractivity contribution < 1.29 is 0 Å². The number of aryl methyl sites for hydroxylation is 1. The van der Waals surface area contributed by atoms with Crippen LogP contribution in [0.25, 0.3) is 5.69 Å². The molecule has 3 rings (SSSR count). The number of piperidine rings is 1. The Kier molecular flexibility index (Phi) is 6.22. The van der Waals surface area contributed by atoms with E-state index in [1.54, 1.807) is 0 Å². The Labute approximate surface area is 145 Å². The van der Waals surface area contributed by atoms with Crippen LogP contribution in [0.15, 0.2) is 36.5 Å². The van der Waals surface area contributed by atoms with Gasteiger partial charge in [-0.25, -0.2) is 4.68 Å². The first-order valence-corrected chi connectivity index (χ1v) is 8.25. The van der Waals surface area contributed by atoms with Crippen molar-refractivity contribution in [1.29, 1.82) is 0 Å². The Balaban J connectivity index is 0.00000192. The fraction of sp³-hybridized carbons (Fsp3) is 0.500. The molecule has 1 aromatic heterocycles. The Morgan fingerprint density at radius 3 is 2.70 bits per heavy atom. The second kappa shape index (κ2) is 7.95. The maximum atomic E-state index is 6.18. The molecule has 1 fully saturated rings. The van der Waals surface area contributed by atoms with Crippen LogP contribution in [-0.4, -0.2) is 33.3 Å². The average molecular weight is 335 g/mol. The van der Waals surface area contributed by atoms with Crippen LogP contribution in [0.5, 0.6) is 0 Å². The highest BCUT2D eigenvalue weighted by Crippen LogP contribution is 2.23. The summed E-state index contributed by atoms with van der Waals surface area (Å²) in [5.74, 6) is 0. The van der Waals surface area contributed by atoms with Crippen molar-refractivity contribution in [1.82, 2.24) is 14.7 Å². The number of halogens is 1. The summed E-state index contributed by atoms with van der Waals surface area (Å²) in [5.41, 5.74) is 9.70. The maximum absolute atomic E-state index is 6.18. The highest BCUT2D eigenvalue weighted by atomic mass is 35.5. The van der Waals surface area contributed by atoms with Gasteiger partial charge in [0.2, 0.25) is 0 Å². The Morgan fingerprint density at radius 1 is 1.26 bits per heavy atom.